The molecular weight excluding hydrogens is 296 g/mol. The molecule has 0 spiro atoms. The summed E-state index contributed by atoms with van der Waals surface area (Å²) in [6.45, 7) is 0.0122. The lowest BCUT2D eigenvalue weighted by Crippen LogP contribution is -2.10. The van der Waals surface area contributed by atoms with E-state index in [1.165, 1.54) is 6.07 Å². The molecule has 0 aliphatic rings. The molecule has 3 rings (SSSR count). The molecule has 0 bridgehead atoms. The second kappa shape index (κ2) is 5.30. The Bertz CT molecular complexity index is 841. The Morgan fingerprint density at radius 2 is 1.90 bits per heavy atom. The lowest BCUT2D eigenvalue weighted by molar-refractivity contribution is 0.0973. The van der Waals surface area contributed by atoms with Crippen molar-refractivity contribution in [3.8, 4) is 0 Å². The van der Waals surface area contributed by atoms with E-state index in [0.717, 1.165) is 23.0 Å². The van der Waals surface area contributed by atoms with Gasteiger partial charge in [0.25, 0.3) is 0 Å². The number of aromatic nitrogens is 1. The van der Waals surface area contributed by atoms with Gasteiger partial charge in [-0.25, -0.2) is 8.78 Å². The molecule has 3 aromatic rings. The second-order valence-electron chi connectivity index (χ2n) is 4.67. The summed E-state index contributed by atoms with van der Waals surface area (Å²) >= 11 is 6.14. The van der Waals surface area contributed by atoms with Gasteiger partial charge in [-0.15, -0.1) is 0 Å². The number of carbonyl (C=O) groups is 1. The van der Waals surface area contributed by atoms with Crippen LogP contribution in [0.1, 0.15) is 10.4 Å². The third-order valence-electron chi connectivity index (χ3n) is 3.29. The fourth-order valence-electron chi connectivity index (χ4n) is 2.26. The van der Waals surface area contributed by atoms with Gasteiger partial charge >= 0.3 is 0 Å². The molecule has 0 saturated carbocycles. The highest BCUT2D eigenvalue weighted by Gasteiger charge is 2.12. The Morgan fingerprint density at radius 3 is 2.67 bits per heavy atom. The maximum Gasteiger partial charge on any atom is 0.182 e. The van der Waals surface area contributed by atoms with Crippen LogP contribution in [0.4, 0.5) is 8.78 Å². The van der Waals surface area contributed by atoms with E-state index < -0.39 is 11.6 Å². The third-order valence-corrected chi connectivity index (χ3v) is 3.60. The summed E-state index contributed by atoms with van der Waals surface area (Å²) in [4.78, 5) is 12.2. The second-order valence-corrected chi connectivity index (χ2v) is 5.08. The number of nitrogens with zero attached hydrogens (tertiary/aromatic N) is 1. The molecule has 21 heavy (non-hydrogen) atoms. The van der Waals surface area contributed by atoms with Crippen LogP contribution < -0.4 is 0 Å². The monoisotopic (exact) mass is 305 g/mol. The highest BCUT2D eigenvalue weighted by molar-refractivity contribution is 6.35. The van der Waals surface area contributed by atoms with Crippen molar-refractivity contribution in [2.75, 3.05) is 0 Å². The van der Waals surface area contributed by atoms with E-state index in [9.17, 15) is 13.6 Å². The predicted octanol–water partition coefficient (Wildman–Crippen LogP) is 4.46. The van der Waals surface area contributed by atoms with Gasteiger partial charge in [0.1, 0.15) is 0 Å². The maximum absolute atomic E-state index is 13.2. The summed E-state index contributed by atoms with van der Waals surface area (Å²) in [5.74, 6) is -2.32. The van der Waals surface area contributed by atoms with Crippen LogP contribution in [-0.2, 0) is 6.54 Å². The smallest absolute Gasteiger partial charge is 0.182 e. The van der Waals surface area contributed by atoms with E-state index in [1.54, 1.807) is 16.8 Å². The number of carbonyl (C=O) groups excluding carboxylic acids is 1. The van der Waals surface area contributed by atoms with Crippen molar-refractivity contribution >= 4 is 28.3 Å². The van der Waals surface area contributed by atoms with Crippen LogP contribution in [0, 0.1) is 11.6 Å². The molecule has 1 heterocycles. The molecule has 0 radical (unpaired) electrons. The topological polar surface area (TPSA) is 22.0 Å². The van der Waals surface area contributed by atoms with Crippen LogP contribution in [0.5, 0.6) is 0 Å². The van der Waals surface area contributed by atoms with Gasteiger partial charge in [-0.1, -0.05) is 23.7 Å². The molecule has 5 heteroatoms. The molecule has 0 amide bonds. The third kappa shape index (κ3) is 2.54. The normalized spacial score (nSPS) is 11.0. The van der Waals surface area contributed by atoms with Crippen LogP contribution in [-0.4, -0.2) is 10.4 Å². The van der Waals surface area contributed by atoms with Gasteiger partial charge in [0.05, 0.1) is 17.1 Å². The van der Waals surface area contributed by atoms with Crippen molar-refractivity contribution in [3.63, 3.8) is 0 Å². The molecule has 0 unspecified atom stereocenters. The standard InChI is InChI=1S/C16H10ClF2NO/c17-12-3-1-2-10-6-7-20(16(10)12)9-15(21)11-4-5-13(18)14(19)8-11/h1-8H,9H2. The van der Waals surface area contributed by atoms with Crippen molar-refractivity contribution in [2.45, 2.75) is 6.54 Å². The Balaban J connectivity index is 1.94. The minimum Gasteiger partial charge on any atom is -0.338 e. The van der Waals surface area contributed by atoms with E-state index in [0.29, 0.717) is 5.02 Å². The minimum atomic E-state index is -1.03. The molecule has 0 N–H and O–H groups in total. The molecule has 0 fully saturated rings. The zero-order valence-electron chi connectivity index (χ0n) is 10.8. The van der Waals surface area contributed by atoms with Crippen molar-refractivity contribution < 1.29 is 13.6 Å². The Kier molecular flexibility index (Phi) is 3.47. The fourth-order valence-corrected chi connectivity index (χ4v) is 2.55. The number of benzene rings is 2. The number of ketones is 1. The molecule has 2 aromatic carbocycles. The summed E-state index contributed by atoms with van der Waals surface area (Å²) < 4.78 is 27.8. The van der Waals surface area contributed by atoms with Crippen LogP contribution in [0.3, 0.4) is 0 Å². The number of rotatable bonds is 3. The van der Waals surface area contributed by atoms with Crippen LogP contribution in [0.2, 0.25) is 5.02 Å². The van der Waals surface area contributed by atoms with Crippen LogP contribution in [0.15, 0.2) is 48.7 Å². The van der Waals surface area contributed by atoms with Crippen LogP contribution in [0.25, 0.3) is 10.9 Å². The van der Waals surface area contributed by atoms with E-state index in [2.05, 4.69) is 0 Å². The first-order chi connectivity index (χ1) is 10.1. The molecule has 0 aliphatic carbocycles. The summed E-state index contributed by atoms with van der Waals surface area (Å²) in [5.41, 5.74) is 0.873. The number of hydrogen-bond donors (Lipinski definition) is 0. The highest BCUT2D eigenvalue weighted by Crippen LogP contribution is 2.24. The van der Waals surface area contributed by atoms with Gasteiger partial charge in [-0.05, 0) is 30.3 Å². The first-order valence-electron chi connectivity index (χ1n) is 6.28. The van der Waals surface area contributed by atoms with Crippen molar-refractivity contribution in [3.05, 3.63) is 70.9 Å². The molecule has 0 atom stereocenters. The number of Topliss-reactive ketones (excluding diaryl/α,β-unsaturated/α-hetero) is 1. The number of fused-ring (bicyclic) bond motifs is 1. The Labute approximate surface area is 124 Å². The molecule has 0 saturated heterocycles. The lowest BCUT2D eigenvalue weighted by atomic mass is 10.1. The average Bonchev–Trinajstić information content (AvgIpc) is 2.86. The summed E-state index contributed by atoms with van der Waals surface area (Å²) in [6, 6.07) is 10.4. The predicted molar refractivity (Wildman–Crippen MR) is 77.6 cm³/mol. The quantitative estimate of drug-likeness (QED) is 0.655. The van der Waals surface area contributed by atoms with E-state index in [4.69, 9.17) is 11.6 Å². The highest BCUT2D eigenvalue weighted by atomic mass is 35.5. The van der Waals surface area contributed by atoms with Gasteiger partial charge in [-0.3, -0.25) is 4.79 Å². The minimum absolute atomic E-state index is 0.0122. The Hall–Kier alpha value is -2.20. The van der Waals surface area contributed by atoms with Crippen molar-refractivity contribution in [1.82, 2.24) is 4.57 Å². The van der Waals surface area contributed by atoms with E-state index in [1.807, 2.05) is 18.2 Å². The zero-order chi connectivity index (χ0) is 15.0. The zero-order valence-corrected chi connectivity index (χ0v) is 11.6. The summed E-state index contributed by atoms with van der Waals surface area (Å²) in [7, 11) is 0. The SMILES string of the molecule is O=C(Cn1ccc2cccc(Cl)c21)c1ccc(F)c(F)c1. The van der Waals surface area contributed by atoms with E-state index in [-0.39, 0.29) is 17.9 Å². The largest absolute Gasteiger partial charge is 0.338 e. The molecular formula is C16H10ClF2NO. The fraction of sp³-hybridized carbons (Fsp3) is 0.0625. The van der Waals surface area contributed by atoms with Gasteiger partial charge in [0, 0.05) is 17.1 Å². The first kappa shape index (κ1) is 13.8. The maximum atomic E-state index is 13.2. The lowest BCUT2D eigenvalue weighted by Gasteiger charge is -2.06. The molecule has 2 nitrogen and oxygen atoms in total. The number of hydrogen-bond acceptors (Lipinski definition) is 1. The summed E-state index contributed by atoms with van der Waals surface area (Å²) in [6.07, 6.45) is 1.74. The van der Waals surface area contributed by atoms with Gasteiger partial charge in [0.2, 0.25) is 0 Å². The van der Waals surface area contributed by atoms with Gasteiger partial charge in [-0.2, -0.15) is 0 Å². The first-order valence-corrected chi connectivity index (χ1v) is 6.65. The van der Waals surface area contributed by atoms with Crippen molar-refractivity contribution in [2.24, 2.45) is 0 Å². The molecule has 0 aliphatic heterocycles. The molecule has 1 aromatic heterocycles. The number of para-hydroxylation sites is 1. The van der Waals surface area contributed by atoms with Crippen LogP contribution >= 0.6 is 11.6 Å². The van der Waals surface area contributed by atoms with Gasteiger partial charge < -0.3 is 4.57 Å². The van der Waals surface area contributed by atoms with Gasteiger partial charge in [0.15, 0.2) is 17.4 Å². The van der Waals surface area contributed by atoms with E-state index >= 15 is 0 Å². The molecule has 106 valence electrons. The Morgan fingerprint density at radius 1 is 1.10 bits per heavy atom. The summed E-state index contributed by atoms with van der Waals surface area (Å²) in [5, 5.41) is 1.45. The average molecular weight is 306 g/mol. The number of halogens is 3. The van der Waals surface area contributed by atoms with Crippen molar-refractivity contribution in [1.29, 1.82) is 0 Å².